The molecule has 0 unspecified atom stereocenters. The molecule has 7 heteroatoms. The number of carbonyl (C=O) groups excluding carboxylic acids is 1. The van der Waals surface area contributed by atoms with E-state index in [1.165, 1.54) is 18.3 Å². The SMILES string of the molecule is Cn1c(CC(=O)N/N=C/c2ccc(C(=O)O)cc2)nc2ccccc21. The summed E-state index contributed by atoms with van der Waals surface area (Å²) in [6.07, 6.45) is 1.57. The van der Waals surface area contributed by atoms with Gasteiger partial charge in [0.2, 0.25) is 5.91 Å². The number of amides is 1. The summed E-state index contributed by atoms with van der Waals surface area (Å²) < 4.78 is 1.88. The first kappa shape index (κ1) is 16.4. The molecule has 3 rings (SSSR count). The third kappa shape index (κ3) is 3.72. The molecule has 126 valence electrons. The van der Waals surface area contributed by atoms with Crippen LogP contribution >= 0.6 is 0 Å². The fourth-order valence-corrected chi connectivity index (χ4v) is 2.43. The van der Waals surface area contributed by atoms with E-state index in [9.17, 15) is 9.59 Å². The van der Waals surface area contributed by atoms with Crippen molar-refractivity contribution in [3.63, 3.8) is 0 Å². The molecule has 0 aliphatic rings. The third-order valence-corrected chi connectivity index (χ3v) is 3.76. The van der Waals surface area contributed by atoms with Crippen molar-refractivity contribution in [3.8, 4) is 0 Å². The summed E-state index contributed by atoms with van der Waals surface area (Å²) in [6, 6.07) is 13.9. The van der Waals surface area contributed by atoms with Gasteiger partial charge in [0.05, 0.1) is 29.2 Å². The van der Waals surface area contributed by atoms with Crippen LogP contribution in [0.1, 0.15) is 21.7 Å². The Hall–Kier alpha value is -3.48. The predicted molar refractivity (Wildman–Crippen MR) is 93.6 cm³/mol. The fourth-order valence-electron chi connectivity index (χ4n) is 2.43. The van der Waals surface area contributed by atoms with Crippen LogP contribution in [-0.2, 0) is 18.3 Å². The summed E-state index contributed by atoms with van der Waals surface area (Å²) in [5.41, 5.74) is 5.14. The van der Waals surface area contributed by atoms with E-state index in [1.54, 1.807) is 12.1 Å². The third-order valence-electron chi connectivity index (χ3n) is 3.76. The van der Waals surface area contributed by atoms with Crippen molar-refractivity contribution < 1.29 is 14.7 Å². The van der Waals surface area contributed by atoms with Crippen LogP contribution in [-0.4, -0.2) is 32.7 Å². The molecule has 0 radical (unpaired) electrons. The Bertz CT molecular complexity index is 958. The number of carboxylic acid groups (broad SMARTS) is 1. The Morgan fingerprint density at radius 2 is 1.92 bits per heavy atom. The lowest BCUT2D eigenvalue weighted by atomic mass is 10.1. The van der Waals surface area contributed by atoms with E-state index in [0.717, 1.165) is 11.0 Å². The molecular weight excluding hydrogens is 320 g/mol. The number of nitrogens with zero attached hydrogens (tertiary/aromatic N) is 3. The summed E-state index contributed by atoms with van der Waals surface area (Å²) in [4.78, 5) is 27.2. The van der Waals surface area contributed by atoms with Gasteiger partial charge in [0.25, 0.3) is 0 Å². The summed E-state index contributed by atoms with van der Waals surface area (Å²) >= 11 is 0. The molecule has 0 atom stereocenters. The first-order valence-electron chi connectivity index (χ1n) is 7.60. The highest BCUT2D eigenvalue weighted by Gasteiger charge is 2.10. The number of nitrogens with one attached hydrogen (secondary N) is 1. The lowest BCUT2D eigenvalue weighted by Crippen LogP contribution is -2.21. The molecule has 0 fully saturated rings. The molecule has 2 N–H and O–H groups in total. The van der Waals surface area contributed by atoms with Gasteiger partial charge >= 0.3 is 5.97 Å². The summed E-state index contributed by atoms with van der Waals surface area (Å²) in [5, 5.41) is 12.7. The Labute approximate surface area is 143 Å². The number of carboxylic acids is 1. The maximum Gasteiger partial charge on any atom is 0.335 e. The molecule has 0 aliphatic carbocycles. The molecule has 1 heterocycles. The largest absolute Gasteiger partial charge is 0.478 e. The predicted octanol–water partition coefficient (Wildman–Crippen LogP) is 1.96. The van der Waals surface area contributed by atoms with Gasteiger partial charge in [-0.05, 0) is 29.8 Å². The molecule has 0 bridgehead atoms. The Kier molecular flexibility index (Phi) is 4.56. The van der Waals surface area contributed by atoms with Crippen LogP contribution in [0.15, 0.2) is 53.6 Å². The number of aromatic nitrogens is 2. The minimum Gasteiger partial charge on any atom is -0.478 e. The summed E-state index contributed by atoms with van der Waals surface area (Å²) in [5.74, 6) is -0.615. The second-order valence-electron chi connectivity index (χ2n) is 5.47. The molecule has 25 heavy (non-hydrogen) atoms. The molecule has 0 saturated carbocycles. The van der Waals surface area contributed by atoms with Gasteiger partial charge in [0.15, 0.2) is 0 Å². The van der Waals surface area contributed by atoms with Crippen molar-refractivity contribution in [1.82, 2.24) is 15.0 Å². The van der Waals surface area contributed by atoms with Crippen LogP contribution in [0.3, 0.4) is 0 Å². The lowest BCUT2D eigenvalue weighted by molar-refractivity contribution is -0.120. The maximum absolute atomic E-state index is 12.0. The number of hydrazone groups is 1. The first-order valence-corrected chi connectivity index (χ1v) is 7.60. The Morgan fingerprint density at radius 3 is 2.60 bits per heavy atom. The van der Waals surface area contributed by atoms with Gasteiger partial charge in [-0.25, -0.2) is 15.2 Å². The van der Waals surface area contributed by atoms with Crippen LogP contribution in [0.4, 0.5) is 0 Å². The molecule has 7 nitrogen and oxygen atoms in total. The second kappa shape index (κ2) is 6.96. The molecule has 0 aliphatic heterocycles. The number of hydrogen-bond acceptors (Lipinski definition) is 4. The van der Waals surface area contributed by atoms with Gasteiger partial charge in [-0.15, -0.1) is 0 Å². The monoisotopic (exact) mass is 336 g/mol. The van der Waals surface area contributed by atoms with Gasteiger partial charge < -0.3 is 9.67 Å². The second-order valence-corrected chi connectivity index (χ2v) is 5.47. The number of hydrogen-bond donors (Lipinski definition) is 2. The number of fused-ring (bicyclic) bond motifs is 1. The number of para-hydroxylation sites is 2. The van der Waals surface area contributed by atoms with Gasteiger partial charge in [0, 0.05) is 7.05 Å². The first-order chi connectivity index (χ1) is 12.0. The number of imidazole rings is 1. The van der Waals surface area contributed by atoms with E-state index >= 15 is 0 Å². The number of benzene rings is 2. The number of aryl methyl sites for hydroxylation is 1. The minimum absolute atomic E-state index is 0.112. The van der Waals surface area contributed by atoms with Gasteiger partial charge in [-0.2, -0.15) is 5.10 Å². The highest BCUT2D eigenvalue weighted by atomic mass is 16.4. The molecule has 0 saturated heterocycles. The molecular formula is C18H16N4O3. The van der Waals surface area contributed by atoms with E-state index in [1.807, 2.05) is 35.9 Å². The Morgan fingerprint density at radius 1 is 1.20 bits per heavy atom. The van der Waals surface area contributed by atoms with Crippen molar-refractivity contribution in [2.24, 2.45) is 12.1 Å². The molecule has 2 aromatic carbocycles. The zero-order chi connectivity index (χ0) is 17.8. The minimum atomic E-state index is -0.987. The van der Waals surface area contributed by atoms with Crippen LogP contribution in [0.25, 0.3) is 11.0 Å². The smallest absolute Gasteiger partial charge is 0.335 e. The number of rotatable bonds is 5. The van der Waals surface area contributed by atoms with Crippen LogP contribution in [0.2, 0.25) is 0 Å². The van der Waals surface area contributed by atoms with Crippen LogP contribution in [0, 0.1) is 0 Å². The number of aromatic carboxylic acids is 1. The maximum atomic E-state index is 12.0. The van der Waals surface area contributed by atoms with E-state index in [4.69, 9.17) is 5.11 Å². The summed E-state index contributed by atoms with van der Waals surface area (Å²) in [6.45, 7) is 0. The van der Waals surface area contributed by atoms with E-state index < -0.39 is 5.97 Å². The van der Waals surface area contributed by atoms with Gasteiger partial charge in [-0.3, -0.25) is 4.79 Å². The van der Waals surface area contributed by atoms with Crippen molar-refractivity contribution in [1.29, 1.82) is 0 Å². The van der Waals surface area contributed by atoms with E-state index in [-0.39, 0.29) is 17.9 Å². The fraction of sp³-hybridized carbons (Fsp3) is 0.111. The average molecular weight is 336 g/mol. The van der Waals surface area contributed by atoms with E-state index in [2.05, 4.69) is 15.5 Å². The van der Waals surface area contributed by atoms with Crippen LogP contribution < -0.4 is 5.43 Å². The highest BCUT2D eigenvalue weighted by Crippen LogP contribution is 2.14. The van der Waals surface area contributed by atoms with Crippen molar-refractivity contribution >= 4 is 29.1 Å². The van der Waals surface area contributed by atoms with Gasteiger partial charge in [-0.1, -0.05) is 24.3 Å². The average Bonchev–Trinajstić information content (AvgIpc) is 2.91. The highest BCUT2D eigenvalue weighted by molar-refractivity contribution is 5.89. The van der Waals surface area contributed by atoms with Crippen molar-refractivity contribution in [2.45, 2.75) is 6.42 Å². The molecule has 3 aromatic rings. The standard InChI is InChI=1S/C18H16N4O3/c1-22-15-5-3-2-4-14(15)20-16(22)10-17(23)21-19-11-12-6-8-13(9-7-12)18(24)25/h2-9,11H,10H2,1H3,(H,21,23)(H,24,25)/b19-11+. The zero-order valence-corrected chi connectivity index (χ0v) is 13.5. The Balaban J connectivity index is 1.62. The summed E-state index contributed by atoms with van der Waals surface area (Å²) in [7, 11) is 1.87. The van der Waals surface area contributed by atoms with Gasteiger partial charge in [0.1, 0.15) is 5.82 Å². The molecule has 1 amide bonds. The molecule has 0 spiro atoms. The topological polar surface area (TPSA) is 96.6 Å². The number of carbonyl (C=O) groups is 2. The van der Waals surface area contributed by atoms with Crippen molar-refractivity contribution in [2.75, 3.05) is 0 Å². The zero-order valence-electron chi connectivity index (χ0n) is 13.5. The quantitative estimate of drug-likeness (QED) is 0.550. The van der Waals surface area contributed by atoms with Crippen LogP contribution in [0.5, 0.6) is 0 Å². The lowest BCUT2D eigenvalue weighted by Gasteiger charge is -2.01. The normalized spacial score (nSPS) is 11.1. The van der Waals surface area contributed by atoms with E-state index in [0.29, 0.717) is 11.4 Å². The van der Waals surface area contributed by atoms with Crippen molar-refractivity contribution in [3.05, 3.63) is 65.5 Å². The molecule has 1 aromatic heterocycles.